The quantitative estimate of drug-likeness (QED) is 0.739. The first kappa shape index (κ1) is 15.6. The first-order valence-electron chi connectivity index (χ1n) is 7.14. The van der Waals surface area contributed by atoms with E-state index in [2.05, 4.69) is 29.0 Å². The number of hydrogen-bond acceptors (Lipinski definition) is 3. The maximum absolute atomic E-state index is 11.7. The summed E-state index contributed by atoms with van der Waals surface area (Å²) in [5.41, 5.74) is 1.27. The summed E-state index contributed by atoms with van der Waals surface area (Å²) in [5, 5.41) is 2.93. The van der Waals surface area contributed by atoms with Crippen LogP contribution in [0.4, 0.5) is 0 Å². The largest absolute Gasteiger partial charge is 0.355 e. The molecule has 0 saturated heterocycles. The number of carbonyl (C=O) groups is 1. The number of nitrogens with zero attached hydrogens (tertiary/aromatic N) is 2. The van der Waals surface area contributed by atoms with E-state index in [4.69, 9.17) is 0 Å². The van der Waals surface area contributed by atoms with Crippen LogP contribution in [-0.2, 0) is 11.2 Å². The Morgan fingerprint density at radius 3 is 2.58 bits per heavy atom. The van der Waals surface area contributed by atoms with E-state index in [1.165, 1.54) is 5.56 Å². The molecule has 0 aromatic carbocycles. The molecule has 0 aliphatic carbocycles. The van der Waals surface area contributed by atoms with Crippen LogP contribution in [0.25, 0.3) is 0 Å². The zero-order valence-electron chi connectivity index (χ0n) is 12.1. The molecule has 0 fully saturated rings. The normalized spacial score (nSPS) is 10.7. The highest BCUT2D eigenvalue weighted by Crippen LogP contribution is 2.01. The molecule has 0 aliphatic heterocycles. The molecule has 1 aromatic heterocycles. The monoisotopic (exact) mass is 263 g/mol. The van der Waals surface area contributed by atoms with Gasteiger partial charge in [-0.3, -0.25) is 14.7 Å². The predicted octanol–water partition coefficient (Wildman–Crippen LogP) is 1.86. The van der Waals surface area contributed by atoms with Gasteiger partial charge in [-0.25, -0.2) is 0 Å². The van der Waals surface area contributed by atoms with E-state index in [0.29, 0.717) is 6.54 Å². The van der Waals surface area contributed by atoms with Gasteiger partial charge in [0.05, 0.1) is 6.54 Å². The summed E-state index contributed by atoms with van der Waals surface area (Å²) in [5.74, 6) is 0.130. The van der Waals surface area contributed by atoms with E-state index in [0.717, 1.165) is 38.9 Å². The molecule has 0 unspecified atom stereocenters. The zero-order valence-corrected chi connectivity index (χ0v) is 12.1. The summed E-state index contributed by atoms with van der Waals surface area (Å²) >= 11 is 0. The molecule has 1 heterocycles. The van der Waals surface area contributed by atoms with E-state index in [1.54, 1.807) is 0 Å². The maximum atomic E-state index is 11.7. The molecular formula is C15H25N3O. The van der Waals surface area contributed by atoms with Gasteiger partial charge >= 0.3 is 0 Å². The molecule has 0 aliphatic rings. The summed E-state index contributed by atoms with van der Waals surface area (Å²) in [6.07, 6.45) is 6.64. The van der Waals surface area contributed by atoms with Crippen molar-refractivity contribution in [1.82, 2.24) is 15.2 Å². The Bertz CT molecular complexity index is 354. The molecule has 1 amide bonds. The summed E-state index contributed by atoms with van der Waals surface area (Å²) in [6, 6.07) is 4.06. The van der Waals surface area contributed by atoms with Gasteiger partial charge in [0, 0.05) is 25.5 Å². The van der Waals surface area contributed by atoms with E-state index >= 15 is 0 Å². The lowest BCUT2D eigenvalue weighted by Gasteiger charge is -2.21. The van der Waals surface area contributed by atoms with Gasteiger partial charge in [-0.05, 0) is 43.5 Å². The van der Waals surface area contributed by atoms with E-state index in [-0.39, 0.29) is 5.91 Å². The highest BCUT2D eigenvalue weighted by molar-refractivity contribution is 5.77. The zero-order chi connectivity index (χ0) is 13.9. The minimum Gasteiger partial charge on any atom is -0.355 e. The molecule has 1 N–H and O–H groups in total. The molecule has 0 atom stereocenters. The number of nitrogens with one attached hydrogen (secondary N) is 1. The van der Waals surface area contributed by atoms with Gasteiger partial charge in [-0.2, -0.15) is 0 Å². The van der Waals surface area contributed by atoms with Gasteiger partial charge in [0.15, 0.2) is 0 Å². The molecular weight excluding hydrogens is 238 g/mol. The molecule has 0 spiro atoms. The van der Waals surface area contributed by atoms with Gasteiger partial charge in [0.2, 0.25) is 5.91 Å². The van der Waals surface area contributed by atoms with Crippen LogP contribution in [0.3, 0.4) is 0 Å². The van der Waals surface area contributed by atoms with Crippen molar-refractivity contribution in [1.29, 1.82) is 0 Å². The predicted molar refractivity (Wildman–Crippen MR) is 78.0 cm³/mol. The van der Waals surface area contributed by atoms with Crippen molar-refractivity contribution in [2.75, 3.05) is 26.2 Å². The number of carbonyl (C=O) groups excluding carboxylic acids is 1. The molecule has 0 bridgehead atoms. The van der Waals surface area contributed by atoms with Crippen molar-refractivity contribution < 1.29 is 4.79 Å². The Morgan fingerprint density at radius 2 is 1.95 bits per heavy atom. The van der Waals surface area contributed by atoms with Crippen LogP contribution in [-0.4, -0.2) is 42.0 Å². The van der Waals surface area contributed by atoms with Gasteiger partial charge < -0.3 is 5.32 Å². The van der Waals surface area contributed by atoms with Crippen molar-refractivity contribution in [3.8, 4) is 0 Å². The lowest BCUT2D eigenvalue weighted by Crippen LogP contribution is -2.38. The molecule has 4 heteroatoms. The number of rotatable bonds is 9. The lowest BCUT2D eigenvalue weighted by molar-refractivity contribution is -0.122. The third-order valence-electron chi connectivity index (χ3n) is 2.95. The third-order valence-corrected chi connectivity index (χ3v) is 2.95. The molecule has 1 aromatic rings. The SMILES string of the molecule is CCCNC(=O)CN(CCC)CCc1ccncc1. The fourth-order valence-corrected chi connectivity index (χ4v) is 1.95. The summed E-state index contributed by atoms with van der Waals surface area (Å²) in [6.45, 7) is 7.35. The van der Waals surface area contributed by atoms with Crippen molar-refractivity contribution in [2.45, 2.75) is 33.1 Å². The molecule has 0 radical (unpaired) electrons. The van der Waals surface area contributed by atoms with Crippen molar-refractivity contribution in [3.63, 3.8) is 0 Å². The van der Waals surface area contributed by atoms with Crippen LogP contribution >= 0.6 is 0 Å². The standard InChI is InChI=1S/C15H25N3O/c1-3-8-17-15(19)13-18(11-4-2)12-7-14-5-9-16-10-6-14/h5-6,9-10H,3-4,7-8,11-13H2,1-2H3,(H,17,19). The molecule has 19 heavy (non-hydrogen) atoms. The number of hydrogen-bond donors (Lipinski definition) is 1. The minimum atomic E-state index is 0.130. The van der Waals surface area contributed by atoms with Gasteiger partial charge in [0.1, 0.15) is 0 Å². The van der Waals surface area contributed by atoms with Crippen molar-refractivity contribution in [2.24, 2.45) is 0 Å². The third kappa shape index (κ3) is 6.91. The average Bonchev–Trinajstić information content (AvgIpc) is 2.44. The van der Waals surface area contributed by atoms with Gasteiger partial charge in [-0.15, -0.1) is 0 Å². The van der Waals surface area contributed by atoms with Crippen LogP contribution in [0.15, 0.2) is 24.5 Å². The Hall–Kier alpha value is -1.42. The second-order valence-corrected chi connectivity index (χ2v) is 4.73. The van der Waals surface area contributed by atoms with Crippen LogP contribution in [0.2, 0.25) is 0 Å². The van der Waals surface area contributed by atoms with Crippen molar-refractivity contribution in [3.05, 3.63) is 30.1 Å². The Kier molecular flexibility index (Phi) is 7.82. The minimum absolute atomic E-state index is 0.130. The molecule has 1 rings (SSSR count). The summed E-state index contributed by atoms with van der Waals surface area (Å²) in [7, 11) is 0. The van der Waals surface area contributed by atoms with E-state index < -0.39 is 0 Å². The van der Waals surface area contributed by atoms with Gasteiger partial charge in [-0.1, -0.05) is 13.8 Å². The fourth-order valence-electron chi connectivity index (χ4n) is 1.95. The topological polar surface area (TPSA) is 45.2 Å². The molecule has 106 valence electrons. The van der Waals surface area contributed by atoms with Crippen LogP contribution < -0.4 is 5.32 Å². The second kappa shape index (κ2) is 9.50. The van der Waals surface area contributed by atoms with Crippen LogP contribution in [0.5, 0.6) is 0 Å². The number of pyridine rings is 1. The number of amides is 1. The van der Waals surface area contributed by atoms with Crippen LogP contribution in [0.1, 0.15) is 32.3 Å². The second-order valence-electron chi connectivity index (χ2n) is 4.73. The highest BCUT2D eigenvalue weighted by Gasteiger charge is 2.09. The van der Waals surface area contributed by atoms with Gasteiger partial charge in [0.25, 0.3) is 0 Å². The summed E-state index contributed by atoms with van der Waals surface area (Å²) < 4.78 is 0. The first-order chi connectivity index (χ1) is 9.26. The van der Waals surface area contributed by atoms with E-state index in [9.17, 15) is 4.79 Å². The highest BCUT2D eigenvalue weighted by atomic mass is 16.2. The first-order valence-corrected chi connectivity index (χ1v) is 7.14. The number of aromatic nitrogens is 1. The fraction of sp³-hybridized carbons (Fsp3) is 0.600. The molecule has 4 nitrogen and oxygen atoms in total. The average molecular weight is 263 g/mol. The maximum Gasteiger partial charge on any atom is 0.234 e. The molecule has 0 saturated carbocycles. The van der Waals surface area contributed by atoms with E-state index in [1.807, 2.05) is 24.5 Å². The summed E-state index contributed by atoms with van der Waals surface area (Å²) in [4.78, 5) is 18.0. The van der Waals surface area contributed by atoms with Crippen molar-refractivity contribution >= 4 is 5.91 Å². The smallest absolute Gasteiger partial charge is 0.234 e. The Labute approximate surface area is 116 Å². The van der Waals surface area contributed by atoms with Crippen LogP contribution in [0, 0.1) is 0 Å². The lowest BCUT2D eigenvalue weighted by atomic mass is 10.2. The Balaban J connectivity index is 2.37. The Morgan fingerprint density at radius 1 is 1.21 bits per heavy atom.